The number of carbonyl (C=O) groups is 2. The van der Waals surface area contributed by atoms with Crippen LogP contribution in [0.15, 0.2) is 22.9 Å². The molecule has 1 aliphatic carbocycles. The molecule has 4 rings (SSSR count). The average molecular weight is 328 g/mol. The molecule has 0 radical (unpaired) electrons. The van der Waals surface area contributed by atoms with Gasteiger partial charge >= 0.3 is 0 Å². The van der Waals surface area contributed by atoms with Crippen molar-refractivity contribution in [3.63, 3.8) is 0 Å². The van der Waals surface area contributed by atoms with E-state index in [1.54, 1.807) is 24.1 Å². The highest BCUT2D eigenvalue weighted by atomic mass is 16.3. The predicted molar refractivity (Wildman–Crippen MR) is 85.0 cm³/mol. The normalized spacial score (nSPS) is 16.8. The molecule has 0 aromatic carbocycles. The second kappa shape index (κ2) is 5.81. The molecule has 2 amide bonds. The van der Waals surface area contributed by atoms with Gasteiger partial charge in [0.2, 0.25) is 5.91 Å². The Labute approximate surface area is 139 Å². The first kappa shape index (κ1) is 15.0. The number of carbonyl (C=O) groups excluding carboxylic acids is 2. The number of aryl methyl sites for hydroxylation is 1. The monoisotopic (exact) mass is 328 g/mol. The first-order valence-electron chi connectivity index (χ1n) is 8.28. The summed E-state index contributed by atoms with van der Waals surface area (Å²) in [5.41, 5.74) is 1.59. The van der Waals surface area contributed by atoms with Gasteiger partial charge in [-0.1, -0.05) is 0 Å². The van der Waals surface area contributed by atoms with Crippen molar-refractivity contribution in [1.29, 1.82) is 0 Å². The summed E-state index contributed by atoms with van der Waals surface area (Å²) in [7, 11) is 0. The van der Waals surface area contributed by atoms with Crippen molar-refractivity contribution in [2.24, 2.45) is 5.92 Å². The van der Waals surface area contributed by atoms with E-state index in [0.717, 1.165) is 24.4 Å². The minimum absolute atomic E-state index is 0.0286. The lowest BCUT2D eigenvalue weighted by atomic mass is 10.2. The number of nitrogens with one attached hydrogen (secondary N) is 1. The number of amides is 2. The van der Waals surface area contributed by atoms with Gasteiger partial charge in [0.1, 0.15) is 11.6 Å². The maximum Gasteiger partial charge on any atom is 0.257 e. The summed E-state index contributed by atoms with van der Waals surface area (Å²) in [5, 5.41) is 2.97. The van der Waals surface area contributed by atoms with E-state index in [4.69, 9.17) is 4.42 Å². The molecule has 2 aliphatic rings. The first-order chi connectivity index (χ1) is 11.6. The van der Waals surface area contributed by atoms with Gasteiger partial charge in [-0.3, -0.25) is 9.59 Å². The fourth-order valence-corrected chi connectivity index (χ4v) is 3.08. The fourth-order valence-electron chi connectivity index (χ4n) is 3.08. The molecule has 0 spiro atoms. The van der Waals surface area contributed by atoms with Crippen LogP contribution in [0.25, 0.3) is 0 Å². The molecule has 7 nitrogen and oxygen atoms in total. The maximum absolute atomic E-state index is 12.6. The van der Waals surface area contributed by atoms with Crippen molar-refractivity contribution in [2.75, 3.05) is 6.54 Å². The van der Waals surface area contributed by atoms with Crippen LogP contribution in [0.5, 0.6) is 0 Å². The van der Waals surface area contributed by atoms with Crippen molar-refractivity contribution < 1.29 is 14.0 Å². The van der Waals surface area contributed by atoms with Gasteiger partial charge in [0.05, 0.1) is 36.8 Å². The highest BCUT2D eigenvalue weighted by Crippen LogP contribution is 2.28. The van der Waals surface area contributed by atoms with Gasteiger partial charge in [-0.05, 0) is 25.8 Å². The molecular formula is C17H20N4O3. The average Bonchev–Trinajstić information content (AvgIpc) is 3.24. The quantitative estimate of drug-likeness (QED) is 0.921. The Morgan fingerprint density at radius 3 is 2.92 bits per heavy atom. The Balaban J connectivity index is 1.43. The molecule has 1 aliphatic heterocycles. The van der Waals surface area contributed by atoms with E-state index in [9.17, 15) is 9.59 Å². The van der Waals surface area contributed by atoms with Crippen molar-refractivity contribution >= 4 is 11.8 Å². The van der Waals surface area contributed by atoms with Gasteiger partial charge in [0, 0.05) is 19.0 Å². The van der Waals surface area contributed by atoms with Crippen LogP contribution >= 0.6 is 0 Å². The van der Waals surface area contributed by atoms with E-state index in [0.29, 0.717) is 37.5 Å². The van der Waals surface area contributed by atoms with Gasteiger partial charge in [0.15, 0.2) is 0 Å². The molecule has 1 fully saturated rings. The molecule has 0 unspecified atom stereocenters. The zero-order chi connectivity index (χ0) is 16.7. The number of fused-ring (bicyclic) bond motifs is 1. The highest BCUT2D eigenvalue weighted by Gasteiger charge is 2.30. The Morgan fingerprint density at radius 1 is 1.38 bits per heavy atom. The summed E-state index contributed by atoms with van der Waals surface area (Å²) in [5.74, 6) is 1.80. The number of imidazole rings is 1. The van der Waals surface area contributed by atoms with E-state index in [1.807, 2.05) is 0 Å². The van der Waals surface area contributed by atoms with E-state index in [2.05, 4.69) is 14.9 Å². The van der Waals surface area contributed by atoms with E-state index in [1.165, 1.54) is 6.26 Å². The Kier molecular flexibility index (Phi) is 3.63. The minimum atomic E-state index is -0.0286. The van der Waals surface area contributed by atoms with Gasteiger partial charge in [-0.2, -0.15) is 0 Å². The van der Waals surface area contributed by atoms with Crippen LogP contribution in [-0.4, -0.2) is 32.8 Å². The largest absolute Gasteiger partial charge is 0.469 e. The van der Waals surface area contributed by atoms with Gasteiger partial charge < -0.3 is 19.2 Å². The van der Waals surface area contributed by atoms with Gasteiger partial charge in [-0.25, -0.2) is 4.98 Å². The molecule has 1 N–H and O–H groups in total. The summed E-state index contributed by atoms with van der Waals surface area (Å²) < 4.78 is 7.32. The third-order valence-corrected chi connectivity index (χ3v) is 4.71. The molecule has 1 saturated carbocycles. The van der Waals surface area contributed by atoms with Crippen LogP contribution in [0.2, 0.25) is 0 Å². The zero-order valence-electron chi connectivity index (χ0n) is 13.6. The smallest absolute Gasteiger partial charge is 0.257 e. The van der Waals surface area contributed by atoms with Gasteiger partial charge in [-0.15, -0.1) is 0 Å². The van der Waals surface area contributed by atoms with Gasteiger partial charge in [0.25, 0.3) is 5.91 Å². The molecule has 0 atom stereocenters. The third-order valence-electron chi connectivity index (χ3n) is 4.71. The molecular weight excluding hydrogens is 308 g/mol. The van der Waals surface area contributed by atoms with Crippen molar-refractivity contribution in [3.05, 3.63) is 41.4 Å². The van der Waals surface area contributed by atoms with Crippen LogP contribution in [0, 0.1) is 12.8 Å². The molecule has 24 heavy (non-hydrogen) atoms. The van der Waals surface area contributed by atoms with E-state index < -0.39 is 0 Å². The number of furan rings is 1. The summed E-state index contributed by atoms with van der Waals surface area (Å²) in [4.78, 5) is 30.5. The van der Waals surface area contributed by atoms with Crippen LogP contribution in [0.3, 0.4) is 0 Å². The second-order valence-corrected chi connectivity index (χ2v) is 6.43. The SMILES string of the molecule is Cc1occc1C(=O)N1CCn2c(CNC(=O)C3CC3)cnc2C1. The van der Waals surface area contributed by atoms with E-state index >= 15 is 0 Å². The second-order valence-electron chi connectivity index (χ2n) is 6.43. The van der Waals surface area contributed by atoms with Crippen LogP contribution in [0.1, 0.15) is 40.5 Å². The summed E-state index contributed by atoms with van der Waals surface area (Å²) in [6.07, 6.45) is 5.33. The summed E-state index contributed by atoms with van der Waals surface area (Å²) in [6.45, 7) is 4.07. The zero-order valence-corrected chi connectivity index (χ0v) is 13.6. The lowest BCUT2D eigenvalue weighted by Crippen LogP contribution is -2.39. The first-order valence-corrected chi connectivity index (χ1v) is 8.28. The number of hydrogen-bond acceptors (Lipinski definition) is 4. The number of hydrogen-bond donors (Lipinski definition) is 1. The third kappa shape index (κ3) is 2.70. The molecule has 126 valence electrons. The summed E-state index contributed by atoms with van der Waals surface area (Å²) in [6, 6.07) is 1.71. The van der Waals surface area contributed by atoms with Crippen molar-refractivity contribution in [2.45, 2.75) is 39.4 Å². The molecule has 0 bridgehead atoms. The Bertz CT molecular complexity index is 788. The van der Waals surface area contributed by atoms with Crippen molar-refractivity contribution in [3.8, 4) is 0 Å². The van der Waals surface area contributed by atoms with Crippen molar-refractivity contribution in [1.82, 2.24) is 19.8 Å². The lowest BCUT2D eigenvalue weighted by molar-refractivity contribution is -0.122. The molecule has 3 heterocycles. The Morgan fingerprint density at radius 2 is 2.21 bits per heavy atom. The highest BCUT2D eigenvalue weighted by molar-refractivity contribution is 5.95. The molecule has 0 saturated heterocycles. The fraction of sp³-hybridized carbons (Fsp3) is 0.471. The molecule has 2 aromatic heterocycles. The molecule has 7 heteroatoms. The Hall–Kier alpha value is -2.57. The molecule has 2 aromatic rings. The minimum Gasteiger partial charge on any atom is -0.469 e. The van der Waals surface area contributed by atoms with Crippen LogP contribution in [0.4, 0.5) is 0 Å². The maximum atomic E-state index is 12.6. The predicted octanol–water partition coefficient (Wildman–Crippen LogP) is 1.47. The topological polar surface area (TPSA) is 80.4 Å². The van der Waals surface area contributed by atoms with Crippen LogP contribution in [-0.2, 0) is 24.4 Å². The number of nitrogens with zero attached hydrogens (tertiary/aromatic N) is 3. The number of aromatic nitrogens is 2. The number of rotatable bonds is 4. The van der Waals surface area contributed by atoms with E-state index in [-0.39, 0.29) is 17.7 Å². The standard InChI is InChI=1S/C17H20N4O3/c1-11-14(4-7-24-11)17(23)20-5-6-21-13(8-18-15(21)10-20)9-19-16(22)12-2-3-12/h4,7-8,12H,2-3,5-6,9-10H2,1H3,(H,19,22). The van der Waals surface area contributed by atoms with Crippen LogP contribution < -0.4 is 5.32 Å². The lowest BCUT2D eigenvalue weighted by Gasteiger charge is -2.28. The summed E-state index contributed by atoms with van der Waals surface area (Å²) >= 11 is 0.